The van der Waals surface area contributed by atoms with Gasteiger partial charge in [0.25, 0.3) is 5.91 Å². The number of hydrogen-bond donors (Lipinski definition) is 0. The molecule has 0 N–H and O–H groups in total. The van der Waals surface area contributed by atoms with Gasteiger partial charge in [0.1, 0.15) is 11.6 Å². The molecule has 0 fully saturated rings. The summed E-state index contributed by atoms with van der Waals surface area (Å²) in [5.41, 5.74) is 4.22. The molecular formula is C23H19ClFN5O2. The number of halogens is 2. The van der Waals surface area contributed by atoms with E-state index in [4.69, 9.17) is 16.3 Å². The van der Waals surface area contributed by atoms with Gasteiger partial charge in [0, 0.05) is 42.4 Å². The fraction of sp³-hybridized carbons (Fsp3) is 0.217. The van der Waals surface area contributed by atoms with Gasteiger partial charge < -0.3 is 9.64 Å². The molecule has 0 aliphatic carbocycles. The van der Waals surface area contributed by atoms with Crippen molar-refractivity contribution in [3.8, 4) is 28.0 Å². The van der Waals surface area contributed by atoms with Crippen molar-refractivity contribution in [3.63, 3.8) is 0 Å². The van der Waals surface area contributed by atoms with Gasteiger partial charge in [-0.1, -0.05) is 17.7 Å². The maximum absolute atomic E-state index is 15.1. The highest BCUT2D eigenvalue weighted by Crippen LogP contribution is 2.40. The Balaban J connectivity index is 1.72. The second-order valence-electron chi connectivity index (χ2n) is 7.63. The number of carbonyl (C=O) groups is 1. The summed E-state index contributed by atoms with van der Waals surface area (Å²) in [6.45, 7) is 3.05. The van der Waals surface area contributed by atoms with Crippen LogP contribution in [0.4, 0.5) is 4.39 Å². The van der Waals surface area contributed by atoms with Gasteiger partial charge in [-0.15, -0.1) is 10.2 Å². The van der Waals surface area contributed by atoms with Crippen molar-refractivity contribution in [2.75, 3.05) is 14.2 Å². The summed E-state index contributed by atoms with van der Waals surface area (Å²) in [6, 6.07) is 8.25. The molecule has 9 heteroatoms. The van der Waals surface area contributed by atoms with Crippen LogP contribution in [-0.2, 0) is 13.1 Å². The Kier molecular flexibility index (Phi) is 4.82. The molecule has 162 valence electrons. The van der Waals surface area contributed by atoms with E-state index >= 15 is 4.39 Å². The van der Waals surface area contributed by atoms with E-state index in [1.54, 1.807) is 41.0 Å². The number of methoxy groups -OCH3 is 1. The topological polar surface area (TPSA) is 73.1 Å². The van der Waals surface area contributed by atoms with E-state index in [0.717, 1.165) is 10.9 Å². The molecule has 2 aromatic heterocycles. The average Bonchev–Trinajstić information content (AvgIpc) is 3.33. The Bertz CT molecular complexity index is 1400. The van der Waals surface area contributed by atoms with Crippen molar-refractivity contribution >= 4 is 28.5 Å². The molecule has 7 nitrogen and oxygen atoms in total. The van der Waals surface area contributed by atoms with E-state index in [1.165, 1.54) is 13.2 Å². The predicted octanol–water partition coefficient (Wildman–Crippen LogP) is 4.57. The lowest BCUT2D eigenvalue weighted by Crippen LogP contribution is -2.17. The van der Waals surface area contributed by atoms with E-state index in [0.29, 0.717) is 52.3 Å². The second kappa shape index (κ2) is 7.56. The zero-order valence-corrected chi connectivity index (χ0v) is 18.4. The number of fused-ring (bicyclic) bond motifs is 2. The molecule has 1 aliphatic heterocycles. The van der Waals surface area contributed by atoms with Crippen LogP contribution in [0, 0.1) is 5.82 Å². The molecule has 0 unspecified atom stereocenters. The Morgan fingerprint density at radius 1 is 1.16 bits per heavy atom. The number of benzene rings is 2. The molecule has 5 rings (SSSR count). The van der Waals surface area contributed by atoms with Gasteiger partial charge in [0.15, 0.2) is 10.8 Å². The highest BCUT2D eigenvalue weighted by atomic mass is 35.5. The number of carbonyl (C=O) groups excluding carboxylic acids is 1. The van der Waals surface area contributed by atoms with Crippen LogP contribution in [0.5, 0.6) is 5.75 Å². The van der Waals surface area contributed by atoms with E-state index in [-0.39, 0.29) is 11.1 Å². The van der Waals surface area contributed by atoms with E-state index < -0.39 is 5.82 Å². The molecule has 1 aliphatic rings. The number of aryl methyl sites for hydroxylation is 1. The van der Waals surface area contributed by atoms with Crippen molar-refractivity contribution in [1.82, 2.24) is 24.9 Å². The zero-order valence-electron chi connectivity index (χ0n) is 17.7. The Morgan fingerprint density at radius 3 is 2.72 bits per heavy atom. The van der Waals surface area contributed by atoms with Gasteiger partial charge in [0.05, 0.1) is 18.7 Å². The quantitative estimate of drug-likeness (QED) is 0.454. The smallest absolute Gasteiger partial charge is 0.254 e. The largest absolute Gasteiger partial charge is 0.496 e. The number of ether oxygens (including phenoxy) is 1. The number of amides is 1. The summed E-state index contributed by atoms with van der Waals surface area (Å²) in [7, 11) is 3.23. The number of aromatic nitrogens is 4. The first-order chi connectivity index (χ1) is 15.4. The van der Waals surface area contributed by atoms with Gasteiger partial charge in [-0.05, 0) is 42.3 Å². The Hall–Kier alpha value is -3.52. The first kappa shape index (κ1) is 20.4. The predicted molar refractivity (Wildman–Crippen MR) is 119 cm³/mol. The average molecular weight is 452 g/mol. The standard InChI is InChI=1S/C23H19ClFN5O2/c1-4-30-22-17(10-26-30)20(21(24)27-28-22)12-5-6-18(25)15(7-12)16-8-13-11-29(2)23(31)14(13)9-19(16)32-3/h5-10H,4,11H2,1-3H3. The first-order valence-electron chi connectivity index (χ1n) is 10.1. The minimum atomic E-state index is -0.414. The maximum atomic E-state index is 15.1. The van der Waals surface area contributed by atoms with Crippen LogP contribution < -0.4 is 4.74 Å². The Labute approximate surface area is 188 Å². The summed E-state index contributed by atoms with van der Waals surface area (Å²) in [5.74, 6) is -0.0706. The lowest BCUT2D eigenvalue weighted by Gasteiger charge is -2.14. The fourth-order valence-electron chi connectivity index (χ4n) is 4.17. The molecule has 0 atom stereocenters. The first-order valence-corrected chi connectivity index (χ1v) is 10.4. The summed E-state index contributed by atoms with van der Waals surface area (Å²) >= 11 is 6.42. The molecule has 3 heterocycles. The number of hydrogen-bond acceptors (Lipinski definition) is 5. The molecule has 0 radical (unpaired) electrons. The molecule has 0 bridgehead atoms. The molecule has 32 heavy (non-hydrogen) atoms. The molecule has 1 amide bonds. The maximum Gasteiger partial charge on any atom is 0.254 e. The molecule has 0 spiro atoms. The molecule has 4 aromatic rings. The minimum Gasteiger partial charge on any atom is -0.496 e. The van der Waals surface area contributed by atoms with Crippen LogP contribution in [0.15, 0.2) is 36.5 Å². The summed E-state index contributed by atoms with van der Waals surface area (Å²) in [5, 5.41) is 13.5. The fourth-order valence-corrected chi connectivity index (χ4v) is 4.42. The lowest BCUT2D eigenvalue weighted by molar-refractivity contribution is 0.0816. The van der Waals surface area contributed by atoms with Crippen LogP contribution in [-0.4, -0.2) is 44.9 Å². The number of nitrogens with zero attached hydrogens (tertiary/aromatic N) is 5. The summed E-state index contributed by atoms with van der Waals surface area (Å²) in [6.07, 6.45) is 1.69. The summed E-state index contributed by atoms with van der Waals surface area (Å²) < 4.78 is 22.3. The second-order valence-corrected chi connectivity index (χ2v) is 7.99. The van der Waals surface area contributed by atoms with Crippen molar-refractivity contribution in [2.45, 2.75) is 20.0 Å². The normalized spacial score (nSPS) is 13.2. The van der Waals surface area contributed by atoms with Gasteiger partial charge in [-0.2, -0.15) is 5.10 Å². The zero-order chi connectivity index (χ0) is 22.6. The van der Waals surface area contributed by atoms with Gasteiger partial charge in [0.2, 0.25) is 0 Å². The third-order valence-electron chi connectivity index (χ3n) is 5.77. The molecule has 2 aromatic carbocycles. The van der Waals surface area contributed by atoms with Gasteiger partial charge in [-0.25, -0.2) is 9.07 Å². The van der Waals surface area contributed by atoms with Crippen LogP contribution >= 0.6 is 11.6 Å². The van der Waals surface area contributed by atoms with E-state index in [2.05, 4.69) is 15.3 Å². The van der Waals surface area contributed by atoms with Gasteiger partial charge >= 0.3 is 0 Å². The Morgan fingerprint density at radius 2 is 1.97 bits per heavy atom. The molecule has 0 saturated heterocycles. The lowest BCUT2D eigenvalue weighted by atomic mass is 9.95. The van der Waals surface area contributed by atoms with Crippen molar-refractivity contribution < 1.29 is 13.9 Å². The van der Waals surface area contributed by atoms with Crippen LogP contribution in [0.2, 0.25) is 5.15 Å². The monoisotopic (exact) mass is 451 g/mol. The SMILES string of the molecule is CCn1ncc2c(-c3ccc(F)c(-c4cc5c(cc4OC)C(=O)N(C)C5)c3)c(Cl)nnc21. The van der Waals surface area contributed by atoms with E-state index in [1.807, 2.05) is 13.0 Å². The number of rotatable bonds is 4. The molecular weight excluding hydrogens is 433 g/mol. The minimum absolute atomic E-state index is 0.0796. The van der Waals surface area contributed by atoms with E-state index in [9.17, 15) is 4.79 Å². The van der Waals surface area contributed by atoms with Crippen molar-refractivity contribution in [1.29, 1.82) is 0 Å². The van der Waals surface area contributed by atoms with Crippen LogP contribution in [0.1, 0.15) is 22.8 Å². The highest BCUT2D eigenvalue weighted by molar-refractivity contribution is 6.33. The highest BCUT2D eigenvalue weighted by Gasteiger charge is 2.27. The molecule has 0 saturated carbocycles. The van der Waals surface area contributed by atoms with Gasteiger partial charge in [-0.3, -0.25) is 4.79 Å². The van der Waals surface area contributed by atoms with Crippen molar-refractivity contribution in [3.05, 3.63) is 58.6 Å². The van der Waals surface area contributed by atoms with Crippen LogP contribution in [0.25, 0.3) is 33.3 Å². The third-order valence-corrected chi connectivity index (χ3v) is 6.04. The van der Waals surface area contributed by atoms with Crippen LogP contribution in [0.3, 0.4) is 0 Å². The third kappa shape index (κ3) is 3.02. The van der Waals surface area contributed by atoms with Crippen molar-refractivity contribution in [2.24, 2.45) is 0 Å². The summed E-state index contributed by atoms with van der Waals surface area (Å²) in [4.78, 5) is 14.0.